The predicted octanol–water partition coefficient (Wildman–Crippen LogP) is 4.52. The van der Waals surface area contributed by atoms with Crippen LogP contribution in [0.25, 0.3) is 0 Å². The molecule has 126 valence electrons. The van der Waals surface area contributed by atoms with Crippen molar-refractivity contribution in [2.75, 3.05) is 26.0 Å². The van der Waals surface area contributed by atoms with Gasteiger partial charge in [0, 0.05) is 17.5 Å². The van der Waals surface area contributed by atoms with Crippen LogP contribution in [0.15, 0.2) is 47.4 Å². The third-order valence-electron chi connectivity index (χ3n) is 4.86. The highest BCUT2D eigenvalue weighted by atomic mass is 32.2. The highest BCUT2D eigenvalue weighted by Gasteiger charge is 2.27. The van der Waals surface area contributed by atoms with Gasteiger partial charge in [0.2, 0.25) is 0 Å². The molecule has 2 aliphatic heterocycles. The molecule has 0 amide bonds. The molecular weight excluding hydrogens is 318 g/mol. The number of hydrogen-bond donors (Lipinski definition) is 0. The summed E-state index contributed by atoms with van der Waals surface area (Å²) in [4.78, 5) is 3.91. The Bertz CT molecular complexity index is 701. The molecule has 0 radical (unpaired) electrons. The molecule has 0 aliphatic carbocycles. The number of thioether (sulfide) groups is 1. The van der Waals surface area contributed by atoms with Crippen molar-refractivity contribution in [1.82, 2.24) is 4.90 Å². The predicted molar refractivity (Wildman–Crippen MR) is 98.0 cm³/mol. The van der Waals surface area contributed by atoms with Gasteiger partial charge in [-0.15, -0.1) is 11.8 Å². The first-order valence-electron chi connectivity index (χ1n) is 8.60. The van der Waals surface area contributed by atoms with Gasteiger partial charge in [0.25, 0.3) is 0 Å². The molecule has 4 heteroatoms. The van der Waals surface area contributed by atoms with Gasteiger partial charge in [-0.3, -0.25) is 4.90 Å². The second kappa shape index (κ2) is 7.08. The van der Waals surface area contributed by atoms with Gasteiger partial charge in [0.15, 0.2) is 11.5 Å². The van der Waals surface area contributed by atoms with E-state index in [0.29, 0.717) is 19.3 Å². The highest BCUT2D eigenvalue weighted by molar-refractivity contribution is 7.98. The zero-order valence-corrected chi connectivity index (χ0v) is 14.8. The minimum Gasteiger partial charge on any atom is -0.486 e. The van der Waals surface area contributed by atoms with Crippen LogP contribution < -0.4 is 9.47 Å². The second-order valence-corrected chi connectivity index (χ2v) is 7.26. The molecule has 2 aromatic carbocycles. The molecule has 0 bridgehead atoms. The first kappa shape index (κ1) is 15.9. The topological polar surface area (TPSA) is 21.7 Å². The summed E-state index contributed by atoms with van der Waals surface area (Å²) in [5.74, 6) is 1.78. The van der Waals surface area contributed by atoms with Crippen LogP contribution in [0.2, 0.25) is 0 Å². The van der Waals surface area contributed by atoms with E-state index in [9.17, 15) is 0 Å². The molecule has 1 atom stereocenters. The van der Waals surface area contributed by atoms with Crippen LogP contribution in [0, 0.1) is 0 Å². The molecule has 2 aromatic rings. The maximum Gasteiger partial charge on any atom is 0.161 e. The summed E-state index contributed by atoms with van der Waals surface area (Å²) >= 11 is 1.79. The normalized spacial score (nSPS) is 20.3. The van der Waals surface area contributed by atoms with Crippen molar-refractivity contribution >= 4 is 11.8 Å². The molecule has 2 heterocycles. The zero-order valence-electron chi connectivity index (χ0n) is 14.0. The fraction of sp³-hybridized carbons (Fsp3) is 0.400. The molecule has 1 fully saturated rings. The number of fused-ring (bicyclic) bond motifs is 1. The molecule has 3 nitrogen and oxygen atoms in total. The van der Waals surface area contributed by atoms with E-state index in [0.717, 1.165) is 24.6 Å². The molecule has 4 rings (SSSR count). The van der Waals surface area contributed by atoms with Gasteiger partial charge in [-0.25, -0.2) is 0 Å². The van der Waals surface area contributed by atoms with Gasteiger partial charge in [0.05, 0.1) is 0 Å². The second-order valence-electron chi connectivity index (χ2n) is 6.38. The van der Waals surface area contributed by atoms with Crippen molar-refractivity contribution in [1.29, 1.82) is 0 Å². The van der Waals surface area contributed by atoms with Crippen molar-refractivity contribution in [2.45, 2.75) is 30.3 Å². The maximum atomic E-state index is 5.76. The molecule has 0 spiro atoms. The summed E-state index contributed by atoms with van der Waals surface area (Å²) < 4.78 is 11.4. The monoisotopic (exact) mass is 341 g/mol. The van der Waals surface area contributed by atoms with Crippen LogP contribution in [0.3, 0.4) is 0 Å². The van der Waals surface area contributed by atoms with E-state index < -0.39 is 0 Å². The van der Waals surface area contributed by atoms with E-state index in [2.05, 4.69) is 53.6 Å². The molecule has 24 heavy (non-hydrogen) atoms. The van der Waals surface area contributed by atoms with E-state index in [1.165, 1.54) is 28.9 Å². The van der Waals surface area contributed by atoms with Crippen LogP contribution in [0.5, 0.6) is 11.5 Å². The Hall–Kier alpha value is -1.65. The third kappa shape index (κ3) is 3.26. The zero-order chi connectivity index (χ0) is 16.4. The van der Waals surface area contributed by atoms with Crippen LogP contribution >= 0.6 is 11.8 Å². The van der Waals surface area contributed by atoms with E-state index >= 15 is 0 Å². The van der Waals surface area contributed by atoms with Crippen LogP contribution in [0.1, 0.15) is 30.0 Å². The Morgan fingerprint density at radius 2 is 1.83 bits per heavy atom. The summed E-state index contributed by atoms with van der Waals surface area (Å²) in [5, 5.41) is 0. The SMILES string of the molecule is CSc1ccc(CN2CCCC2c2ccc3c(c2)OCCO3)cc1. The van der Waals surface area contributed by atoms with Crippen molar-refractivity contribution in [2.24, 2.45) is 0 Å². The summed E-state index contributed by atoms with van der Waals surface area (Å²) in [6.45, 7) is 3.46. The lowest BCUT2D eigenvalue weighted by molar-refractivity contribution is 0.170. The lowest BCUT2D eigenvalue weighted by atomic mass is 10.0. The van der Waals surface area contributed by atoms with Crippen LogP contribution in [-0.2, 0) is 6.54 Å². The Labute approximate surface area is 148 Å². The van der Waals surface area contributed by atoms with Crippen molar-refractivity contribution < 1.29 is 9.47 Å². The van der Waals surface area contributed by atoms with Gasteiger partial charge in [0.1, 0.15) is 13.2 Å². The van der Waals surface area contributed by atoms with E-state index in [-0.39, 0.29) is 0 Å². The van der Waals surface area contributed by atoms with Crippen molar-refractivity contribution in [3.8, 4) is 11.5 Å². The molecule has 1 unspecified atom stereocenters. The van der Waals surface area contributed by atoms with Gasteiger partial charge in [-0.05, 0) is 61.0 Å². The molecular formula is C20H23NO2S. The summed E-state index contributed by atoms with van der Waals surface area (Å²) in [5.41, 5.74) is 2.73. The molecule has 0 N–H and O–H groups in total. The number of benzene rings is 2. The first-order valence-corrected chi connectivity index (χ1v) is 9.82. The summed E-state index contributed by atoms with van der Waals surface area (Å²) in [6.07, 6.45) is 4.58. The molecule has 0 saturated carbocycles. The molecule has 0 aromatic heterocycles. The first-order chi connectivity index (χ1) is 11.8. The Balaban J connectivity index is 1.51. The number of rotatable bonds is 4. The maximum absolute atomic E-state index is 5.76. The van der Waals surface area contributed by atoms with Crippen molar-refractivity contribution in [3.63, 3.8) is 0 Å². The standard InChI is InChI=1S/C20H23NO2S/c1-24-17-7-4-15(5-8-17)14-21-10-2-3-18(21)16-6-9-19-20(13-16)23-12-11-22-19/h4-9,13,18H,2-3,10-12,14H2,1H3. The van der Waals surface area contributed by atoms with Crippen molar-refractivity contribution in [3.05, 3.63) is 53.6 Å². The molecule has 1 saturated heterocycles. The van der Waals surface area contributed by atoms with E-state index in [1.54, 1.807) is 11.8 Å². The van der Waals surface area contributed by atoms with E-state index in [1.807, 2.05) is 0 Å². The Morgan fingerprint density at radius 3 is 2.62 bits per heavy atom. The number of nitrogens with zero attached hydrogens (tertiary/aromatic N) is 1. The molecule has 2 aliphatic rings. The number of likely N-dealkylation sites (tertiary alicyclic amines) is 1. The quantitative estimate of drug-likeness (QED) is 0.762. The lowest BCUT2D eigenvalue weighted by Gasteiger charge is -2.26. The van der Waals surface area contributed by atoms with Crippen LogP contribution in [-0.4, -0.2) is 30.9 Å². The van der Waals surface area contributed by atoms with Gasteiger partial charge < -0.3 is 9.47 Å². The van der Waals surface area contributed by atoms with Crippen LogP contribution in [0.4, 0.5) is 0 Å². The van der Waals surface area contributed by atoms with E-state index in [4.69, 9.17) is 9.47 Å². The largest absolute Gasteiger partial charge is 0.486 e. The van der Waals surface area contributed by atoms with Gasteiger partial charge in [-0.1, -0.05) is 18.2 Å². The average Bonchev–Trinajstić information content (AvgIpc) is 3.10. The Morgan fingerprint density at radius 1 is 1.04 bits per heavy atom. The third-order valence-corrected chi connectivity index (χ3v) is 5.60. The van der Waals surface area contributed by atoms with Gasteiger partial charge in [-0.2, -0.15) is 0 Å². The number of hydrogen-bond acceptors (Lipinski definition) is 4. The average molecular weight is 341 g/mol. The van der Waals surface area contributed by atoms with Gasteiger partial charge >= 0.3 is 0 Å². The Kier molecular flexibility index (Phi) is 4.67. The summed E-state index contributed by atoms with van der Waals surface area (Å²) in [7, 11) is 0. The minimum absolute atomic E-state index is 0.473. The minimum atomic E-state index is 0.473. The lowest BCUT2D eigenvalue weighted by Crippen LogP contribution is -2.23. The highest BCUT2D eigenvalue weighted by Crippen LogP contribution is 2.38. The fourth-order valence-corrected chi connectivity index (χ4v) is 4.03. The summed E-state index contributed by atoms with van der Waals surface area (Å²) in [6, 6.07) is 15.9. The smallest absolute Gasteiger partial charge is 0.161 e. The number of ether oxygens (including phenoxy) is 2. The fourth-order valence-electron chi connectivity index (χ4n) is 3.63.